The van der Waals surface area contributed by atoms with Gasteiger partial charge in [-0.2, -0.15) is 0 Å². The molecule has 2 aromatic rings. The van der Waals surface area contributed by atoms with E-state index < -0.39 is 23.6 Å². The van der Waals surface area contributed by atoms with Crippen LogP contribution in [0.1, 0.15) is 63.3 Å². The van der Waals surface area contributed by atoms with E-state index in [1.54, 1.807) is 53.2 Å². The molecule has 0 fully saturated rings. The van der Waals surface area contributed by atoms with Crippen molar-refractivity contribution in [3.63, 3.8) is 0 Å². The topological polar surface area (TPSA) is 107 Å². The first kappa shape index (κ1) is 31.6. The Labute approximate surface area is 242 Å². The summed E-state index contributed by atoms with van der Waals surface area (Å²) >= 11 is 0. The average molecular weight is 570 g/mol. The number of carbonyl (C=O) groups excluding carboxylic acids is 3. The molecule has 0 saturated heterocycles. The van der Waals surface area contributed by atoms with E-state index in [0.29, 0.717) is 35.8 Å². The van der Waals surface area contributed by atoms with Gasteiger partial charge in [-0.25, -0.2) is 4.79 Å². The predicted octanol–water partition coefficient (Wildman–Crippen LogP) is 4.49. The van der Waals surface area contributed by atoms with Crippen molar-refractivity contribution in [2.45, 2.75) is 65.1 Å². The smallest absolute Gasteiger partial charge is 0.411 e. The van der Waals surface area contributed by atoms with E-state index in [1.165, 1.54) is 16.9 Å². The zero-order valence-electron chi connectivity index (χ0n) is 25.2. The molecular formula is C31H43N3O7. The molecule has 1 aliphatic heterocycles. The lowest BCUT2D eigenvalue weighted by molar-refractivity contribution is -0.141. The van der Waals surface area contributed by atoms with Gasteiger partial charge >= 0.3 is 6.09 Å². The Balaban J connectivity index is 2.06. The van der Waals surface area contributed by atoms with Gasteiger partial charge in [-0.15, -0.1) is 0 Å². The fourth-order valence-corrected chi connectivity index (χ4v) is 4.70. The second-order valence-electron chi connectivity index (χ2n) is 11.0. The summed E-state index contributed by atoms with van der Waals surface area (Å²) in [5.41, 5.74) is 1.52. The first-order valence-electron chi connectivity index (χ1n) is 13.9. The third-order valence-corrected chi connectivity index (χ3v) is 6.77. The maximum Gasteiger partial charge on any atom is 0.411 e. The summed E-state index contributed by atoms with van der Waals surface area (Å²) in [5.74, 6) is 0.989. The maximum atomic E-state index is 14.5. The van der Waals surface area contributed by atoms with Crippen LogP contribution >= 0.6 is 0 Å². The molecule has 2 aromatic carbocycles. The summed E-state index contributed by atoms with van der Waals surface area (Å²) in [6, 6.07) is 9.85. The number of amides is 3. The number of hydrogen-bond donors (Lipinski definition) is 1. The summed E-state index contributed by atoms with van der Waals surface area (Å²) in [7, 11) is 4.66. The molecule has 3 rings (SSSR count). The number of fused-ring (bicyclic) bond motifs is 1. The minimum atomic E-state index is -1.03. The standard InChI is InChI=1S/C31H43N3O7/c1-8-9-15-32-27(35)20-33(19-21-10-12-23(38-5)13-11-21)29(36)28-24-18-26(40-7)25(39-6)17-22(24)14-16-34(28)30(37)41-31(2,3)4/h10-13,17-18,28H,8-9,14-16,19-20H2,1-7H3,(H,32,35). The largest absolute Gasteiger partial charge is 0.497 e. The molecule has 0 saturated carbocycles. The molecule has 224 valence electrons. The highest BCUT2D eigenvalue weighted by molar-refractivity contribution is 5.91. The molecule has 3 amide bonds. The minimum absolute atomic E-state index is 0.158. The van der Waals surface area contributed by atoms with Gasteiger partial charge in [0.1, 0.15) is 17.4 Å². The van der Waals surface area contributed by atoms with Crippen LogP contribution in [0.25, 0.3) is 0 Å². The number of nitrogens with zero attached hydrogens (tertiary/aromatic N) is 2. The maximum absolute atomic E-state index is 14.5. The number of hydrogen-bond acceptors (Lipinski definition) is 7. The molecule has 0 aliphatic carbocycles. The van der Waals surface area contributed by atoms with Gasteiger partial charge in [-0.05, 0) is 74.6 Å². The van der Waals surface area contributed by atoms with Crippen LogP contribution in [-0.2, 0) is 27.3 Å². The Morgan fingerprint density at radius 3 is 2.24 bits per heavy atom. The first-order chi connectivity index (χ1) is 19.5. The van der Waals surface area contributed by atoms with Crippen LogP contribution < -0.4 is 19.5 Å². The lowest BCUT2D eigenvalue weighted by Crippen LogP contribution is -2.51. The Morgan fingerprint density at radius 2 is 1.66 bits per heavy atom. The van der Waals surface area contributed by atoms with Gasteiger partial charge in [0.2, 0.25) is 5.91 Å². The SMILES string of the molecule is CCCCNC(=O)CN(Cc1ccc(OC)cc1)C(=O)C1c2cc(OC)c(OC)cc2CCN1C(=O)OC(C)(C)C. The third-order valence-electron chi connectivity index (χ3n) is 6.77. The number of ether oxygens (including phenoxy) is 4. The second-order valence-corrected chi connectivity index (χ2v) is 11.0. The van der Waals surface area contributed by atoms with Crippen LogP contribution in [0.5, 0.6) is 17.2 Å². The zero-order valence-corrected chi connectivity index (χ0v) is 25.2. The normalized spacial score (nSPS) is 14.5. The fourth-order valence-electron chi connectivity index (χ4n) is 4.70. The molecule has 0 aromatic heterocycles. The monoisotopic (exact) mass is 569 g/mol. The molecule has 10 heteroatoms. The average Bonchev–Trinajstić information content (AvgIpc) is 2.94. The van der Waals surface area contributed by atoms with E-state index >= 15 is 0 Å². The summed E-state index contributed by atoms with van der Waals surface area (Å²) < 4.78 is 22.0. The van der Waals surface area contributed by atoms with E-state index in [2.05, 4.69) is 5.32 Å². The molecule has 10 nitrogen and oxygen atoms in total. The zero-order chi connectivity index (χ0) is 30.2. The molecule has 1 heterocycles. The van der Waals surface area contributed by atoms with Gasteiger partial charge in [0.15, 0.2) is 11.5 Å². The highest BCUT2D eigenvalue weighted by Gasteiger charge is 2.41. The van der Waals surface area contributed by atoms with Crippen LogP contribution in [0.15, 0.2) is 36.4 Å². The molecule has 1 atom stereocenters. The summed E-state index contributed by atoms with van der Waals surface area (Å²) in [4.78, 5) is 43.8. The number of methoxy groups -OCH3 is 3. The highest BCUT2D eigenvalue weighted by atomic mass is 16.6. The van der Waals surface area contributed by atoms with Crippen LogP contribution in [-0.4, -0.2) is 74.3 Å². The van der Waals surface area contributed by atoms with E-state index in [0.717, 1.165) is 24.0 Å². The van der Waals surface area contributed by atoms with Gasteiger partial charge in [0, 0.05) is 19.6 Å². The van der Waals surface area contributed by atoms with Gasteiger partial charge in [-0.1, -0.05) is 25.5 Å². The van der Waals surface area contributed by atoms with Crippen molar-refractivity contribution in [2.24, 2.45) is 0 Å². The van der Waals surface area contributed by atoms with Crippen molar-refractivity contribution in [3.8, 4) is 17.2 Å². The fraction of sp³-hybridized carbons (Fsp3) is 0.516. The predicted molar refractivity (Wildman–Crippen MR) is 155 cm³/mol. The summed E-state index contributed by atoms with van der Waals surface area (Å²) in [6.07, 6.45) is 1.66. The molecular weight excluding hydrogens is 526 g/mol. The van der Waals surface area contributed by atoms with Gasteiger partial charge < -0.3 is 29.2 Å². The van der Waals surface area contributed by atoms with Crippen molar-refractivity contribution >= 4 is 17.9 Å². The van der Waals surface area contributed by atoms with Crippen molar-refractivity contribution in [1.29, 1.82) is 0 Å². The summed E-state index contributed by atoms with van der Waals surface area (Å²) in [5, 5.41) is 2.90. The minimum Gasteiger partial charge on any atom is -0.497 e. The van der Waals surface area contributed by atoms with Crippen molar-refractivity contribution in [1.82, 2.24) is 15.1 Å². The lowest BCUT2D eigenvalue weighted by Gasteiger charge is -2.39. The number of unbranched alkanes of at least 4 members (excludes halogenated alkanes) is 1. The molecule has 1 unspecified atom stereocenters. The van der Waals surface area contributed by atoms with Gasteiger partial charge in [0.05, 0.1) is 27.9 Å². The van der Waals surface area contributed by atoms with E-state index in [9.17, 15) is 14.4 Å². The van der Waals surface area contributed by atoms with E-state index in [-0.39, 0.29) is 25.5 Å². The molecule has 0 radical (unpaired) electrons. The van der Waals surface area contributed by atoms with Crippen LogP contribution in [0.2, 0.25) is 0 Å². The van der Waals surface area contributed by atoms with Crippen LogP contribution in [0, 0.1) is 0 Å². The molecule has 41 heavy (non-hydrogen) atoms. The Hall–Kier alpha value is -3.95. The molecule has 0 spiro atoms. The van der Waals surface area contributed by atoms with Crippen LogP contribution in [0.4, 0.5) is 4.79 Å². The Morgan fingerprint density at radius 1 is 1.00 bits per heavy atom. The number of benzene rings is 2. The Bertz CT molecular complexity index is 1210. The number of rotatable bonds is 11. The molecule has 1 aliphatic rings. The Kier molecular flexibility index (Phi) is 10.9. The van der Waals surface area contributed by atoms with Gasteiger partial charge in [0.25, 0.3) is 5.91 Å². The lowest BCUT2D eigenvalue weighted by atomic mass is 9.91. The van der Waals surface area contributed by atoms with Crippen LogP contribution in [0.3, 0.4) is 0 Å². The first-order valence-corrected chi connectivity index (χ1v) is 13.9. The third kappa shape index (κ3) is 8.28. The van der Waals surface area contributed by atoms with Crippen molar-refractivity contribution < 1.29 is 33.3 Å². The summed E-state index contributed by atoms with van der Waals surface area (Å²) in [6.45, 7) is 8.15. The van der Waals surface area contributed by atoms with Crippen molar-refractivity contribution in [3.05, 3.63) is 53.1 Å². The van der Waals surface area contributed by atoms with Crippen molar-refractivity contribution in [2.75, 3.05) is 41.0 Å². The molecule has 1 N–H and O–H groups in total. The quantitative estimate of drug-likeness (QED) is 0.398. The van der Waals surface area contributed by atoms with E-state index in [1.807, 2.05) is 25.1 Å². The second kappa shape index (κ2) is 14.1. The number of nitrogens with one attached hydrogen (secondary N) is 1. The molecule has 0 bridgehead atoms. The van der Waals surface area contributed by atoms with Gasteiger partial charge in [-0.3, -0.25) is 14.5 Å². The van der Waals surface area contributed by atoms with E-state index in [4.69, 9.17) is 18.9 Å². The highest BCUT2D eigenvalue weighted by Crippen LogP contribution is 2.39. The number of carbonyl (C=O) groups is 3.